The van der Waals surface area contributed by atoms with Crippen molar-refractivity contribution in [2.75, 3.05) is 25.1 Å². The molecule has 3 rings (SSSR count). The number of anilines is 1. The summed E-state index contributed by atoms with van der Waals surface area (Å²) in [5, 5.41) is 8.71. The molecule has 1 saturated carbocycles. The first-order valence-corrected chi connectivity index (χ1v) is 10.7. The van der Waals surface area contributed by atoms with Gasteiger partial charge in [-0.1, -0.05) is 19.3 Å². The zero-order valence-electron chi connectivity index (χ0n) is 18.1. The van der Waals surface area contributed by atoms with Gasteiger partial charge in [0.25, 0.3) is 0 Å². The third-order valence-corrected chi connectivity index (χ3v) is 5.20. The lowest BCUT2D eigenvalue weighted by Crippen LogP contribution is -2.50. The van der Waals surface area contributed by atoms with E-state index in [-0.39, 0.29) is 12.1 Å². The standard InChI is InChI=1S/C22H33N3O5/c1-22(2,3)30-21(27)23-14-17(15-7-5-4-6-8-15)25-20(26)24-16-9-10-18-19(13-16)29-12-11-28-18/h9-10,13,15,17H,4-8,11-12,14H2,1-3H3,(H,23,27)(H2,24,25,26). The number of amides is 3. The lowest BCUT2D eigenvalue weighted by molar-refractivity contribution is 0.0516. The molecule has 166 valence electrons. The first kappa shape index (κ1) is 22.1. The van der Waals surface area contributed by atoms with Crippen molar-refractivity contribution < 1.29 is 23.8 Å². The second-order valence-electron chi connectivity index (χ2n) is 8.84. The first-order chi connectivity index (χ1) is 14.3. The second kappa shape index (κ2) is 9.91. The van der Waals surface area contributed by atoms with Crippen LogP contribution in [0.3, 0.4) is 0 Å². The summed E-state index contributed by atoms with van der Waals surface area (Å²) in [5.74, 6) is 1.61. The summed E-state index contributed by atoms with van der Waals surface area (Å²) in [6.45, 7) is 6.81. The van der Waals surface area contributed by atoms with E-state index in [4.69, 9.17) is 14.2 Å². The Morgan fingerprint density at radius 1 is 1.10 bits per heavy atom. The van der Waals surface area contributed by atoms with Crippen LogP contribution in [0.15, 0.2) is 18.2 Å². The molecule has 1 aromatic rings. The third-order valence-electron chi connectivity index (χ3n) is 5.20. The lowest BCUT2D eigenvalue weighted by atomic mass is 9.84. The number of hydrogen-bond acceptors (Lipinski definition) is 5. The predicted octanol–water partition coefficient (Wildman–Crippen LogP) is 4.05. The average Bonchev–Trinajstić information content (AvgIpc) is 2.70. The molecule has 1 aliphatic carbocycles. The van der Waals surface area contributed by atoms with E-state index in [1.165, 1.54) is 6.42 Å². The van der Waals surface area contributed by atoms with Gasteiger partial charge in [0.1, 0.15) is 18.8 Å². The fraction of sp³-hybridized carbons (Fsp3) is 0.636. The van der Waals surface area contributed by atoms with Crippen molar-refractivity contribution in [2.45, 2.75) is 64.5 Å². The molecule has 1 fully saturated rings. The minimum Gasteiger partial charge on any atom is -0.486 e. The van der Waals surface area contributed by atoms with Gasteiger partial charge in [-0.15, -0.1) is 0 Å². The molecule has 1 aromatic carbocycles. The zero-order chi connectivity index (χ0) is 21.6. The van der Waals surface area contributed by atoms with Gasteiger partial charge >= 0.3 is 12.1 Å². The molecule has 8 nitrogen and oxygen atoms in total. The third kappa shape index (κ3) is 6.71. The number of nitrogens with one attached hydrogen (secondary N) is 3. The fourth-order valence-corrected chi connectivity index (χ4v) is 3.84. The van der Waals surface area contributed by atoms with Gasteiger partial charge < -0.3 is 30.2 Å². The lowest BCUT2D eigenvalue weighted by Gasteiger charge is -2.31. The number of benzene rings is 1. The number of carbonyl (C=O) groups excluding carboxylic acids is 2. The smallest absolute Gasteiger partial charge is 0.407 e. The van der Waals surface area contributed by atoms with Crippen LogP contribution in [-0.2, 0) is 4.74 Å². The zero-order valence-corrected chi connectivity index (χ0v) is 18.1. The molecule has 3 N–H and O–H groups in total. The molecule has 0 spiro atoms. The van der Waals surface area contributed by atoms with Gasteiger partial charge in [0.15, 0.2) is 11.5 Å². The van der Waals surface area contributed by atoms with Crippen LogP contribution in [0.1, 0.15) is 52.9 Å². The highest BCUT2D eigenvalue weighted by Crippen LogP contribution is 2.32. The maximum absolute atomic E-state index is 12.7. The van der Waals surface area contributed by atoms with Gasteiger partial charge in [-0.05, 0) is 51.7 Å². The Kier molecular flexibility index (Phi) is 7.29. The summed E-state index contributed by atoms with van der Waals surface area (Å²) >= 11 is 0. The molecule has 1 atom stereocenters. The van der Waals surface area contributed by atoms with E-state index in [2.05, 4.69) is 16.0 Å². The first-order valence-electron chi connectivity index (χ1n) is 10.7. The molecule has 1 heterocycles. The summed E-state index contributed by atoms with van der Waals surface area (Å²) in [6, 6.07) is 4.83. The quantitative estimate of drug-likeness (QED) is 0.669. The minimum absolute atomic E-state index is 0.171. The normalized spacial score (nSPS) is 17.6. The van der Waals surface area contributed by atoms with Crippen molar-refractivity contribution in [1.29, 1.82) is 0 Å². The maximum atomic E-state index is 12.7. The molecular weight excluding hydrogens is 386 g/mol. The minimum atomic E-state index is -0.562. The topological polar surface area (TPSA) is 97.9 Å². The van der Waals surface area contributed by atoms with Crippen molar-refractivity contribution in [2.24, 2.45) is 5.92 Å². The van der Waals surface area contributed by atoms with E-state index in [0.29, 0.717) is 42.9 Å². The summed E-state index contributed by atoms with van der Waals surface area (Å²) < 4.78 is 16.4. The summed E-state index contributed by atoms with van der Waals surface area (Å²) in [6.07, 6.45) is 5.08. The van der Waals surface area contributed by atoms with Gasteiger partial charge in [0.2, 0.25) is 0 Å². The monoisotopic (exact) mass is 419 g/mol. The Hall–Kier alpha value is -2.64. The van der Waals surface area contributed by atoms with Crippen molar-refractivity contribution in [1.82, 2.24) is 10.6 Å². The van der Waals surface area contributed by atoms with Crippen LogP contribution in [0.5, 0.6) is 11.5 Å². The highest BCUT2D eigenvalue weighted by Gasteiger charge is 2.27. The fourth-order valence-electron chi connectivity index (χ4n) is 3.84. The second-order valence-corrected chi connectivity index (χ2v) is 8.84. The van der Waals surface area contributed by atoms with Crippen LogP contribution in [0, 0.1) is 5.92 Å². The van der Waals surface area contributed by atoms with Gasteiger partial charge in [0, 0.05) is 18.3 Å². The Balaban J connectivity index is 1.58. The number of carbonyl (C=O) groups is 2. The van der Waals surface area contributed by atoms with E-state index < -0.39 is 11.7 Å². The summed E-state index contributed by atoms with van der Waals surface area (Å²) in [7, 11) is 0. The van der Waals surface area contributed by atoms with Crippen LogP contribution < -0.4 is 25.4 Å². The Labute approximate surface area is 178 Å². The van der Waals surface area contributed by atoms with Gasteiger partial charge in [-0.3, -0.25) is 0 Å². The Morgan fingerprint density at radius 3 is 2.50 bits per heavy atom. The van der Waals surface area contributed by atoms with Gasteiger partial charge in [-0.2, -0.15) is 0 Å². The molecule has 1 aliphatic heterocycles. The van der Waals surface area contributed by atoms with Crippen molar-refractivity contribution >= 4 is 17.8 Å². The SMILES string of the molecule is CC(C)(C)OC(=O)NCC(NC(=O)Nc1ccc2c(c1)OCCO2)C1CCCCC1. The van der Waals surface area contributed by atoms with Crippen LogP contribution in [0.2, 0.25) is 0 Å². The number of rotatable bonds is 5. The Bertz CT molecular complexity index is 741. The van der Waals surface area contributed by atoms with Crippen molar-refractivity contribution in [3.05, 3.63) is 18.2 Å². The van der Waals surface area contributed by atoms with Crippen LogP contribution in [0.4, 0.5) is 15.3 Å². The van der Waals surface area contributed by atoms with Gasteiger partial charge in [-0.25, -0.2) is 9.59 Å². The van der Waals surface area contributed by atoms with Crippen molar-refractivity contribution in [3.63, 3.8) is 0 Å². The van der Waals surface area contributed by atoms with E-state index in [0.717, 1.165) is 25.7 Å². The molecule has 1 unspecified atom stereocenters. The molecule has 0 radical (unpaired) electrons. The molecule has 8 heteroatoms. The van der Waals surface area contributed by atoms with Crippen LogP contribution >= 0.6 is 0 Å². The molecule has 3 amide bonds. The molecular formula is C22H33N3O5. The van der Waals surface area contributed by atoms with E-state index in [9.17, 15) is 9.59 Å². The molecule has 30 heavy (non-hydrogen) atoms. The molecule has 0 saturated heterocycles. The predicted molar refractivity (Wildman–Crippen MR) is 114 cm³/mol. The average molecular weight is 420 g/mol. The largest absolute Gasteiger partial charge is 0.486 e. The Morgan fingerprint density at radius 2 is 1.80 bits per heavy atom. The van der Waals surface area contributed by atoms with E-state index in [1.54, 1.807) is 18.2 Å². The molecule has 0 bridgehead atoms. The maximum Gasteiger partial charge on any atom is 0.407 e. The molecule has 2 aliphatic rings. The number of alkyl carbamates (subject to hydrolysis) is 1. The number of fused-ring (bicyclic) bond motifs is 1. The van der Waals surface area contributed by atoms with Crippen molar-refractivity contribution in [3.8, 4) is 11.5 Å². The number of hydrogen-bond donors (Lipinski definition) is 3. The van der Waals surface area contributed by atoms with Crippen LogP contribution in [0.25, 0.3) is 0 Å². The number of ether oxygens (including phenoxy) is 3. The summed E-state index contributed by atoms with van der Waals surface area (Å²) in [4.78, 5) is 24.7. The highest BCUT2D eigenvalue weighted by atomic mass is 16.6. The van der Waals surface area contributed by atoms with Crippen LogP contribution in [-0.4, -0.2) is 43.5 Å². The van der Waals surface area contributed by atoms with E-state index >= 15 is 0 Å². The van der Waals surface area contributed by atoms with E-state index in [1.807, 2.05) is 20.8 Å². The summed E-state index contributed by atoms with van der Waals surface area (Å²) in [5.41, 5.74) is 0.0623. The number of urea groups is 1. The molecule has 0 aromatic heterocycles. The highest BCUT2D eigenvalue weighted by molar-refractivity contribution is 5.90. The van der Waals surface area contributed by atoms with Gasteiger partial charge in [0.05, 0.1) is 6.04 Å².